The summed E-state index contributed by atoms with van der Waals surface area (Å²) in [6, 6.07) is 12.3. The third-order valence-electron chi connectivity index (χ3n) is 5.87. The molecule has 2 heterocycles. The van der Waals surface area contributed by atoms with E-state index in [0.29, 0.717) is 30.3 Å². The van der Waals surface area contributed by atoms with Gasteiger partial charge in [0.1, 0.15) is 5.82 Å². The van der Waals surface area contributed by atoms with E-state index >= 15 is 0 Å². The molecule has 31 heavy (non-hydrogen) atoms. The van der Waals surface area contributed by atoms with Gasteiger partial charge in [-0.25, -0.2) is 4.39 Å². The third-order valence-corrected chi connectivity index (χ3v) is 6.20. The van der Waals surface area contributed by atoms with Gasteiger partial charge in [0.15, 0.2) is 0 Å². The minimum absolute atomic E-state index is 0.0354. The Morgan fingerprint density at radius 3 is 2.87 bits per heavy atom. The van der Waals surface area contributed by atoms with Crippen LogP contribution in [0.15, 0.2) is 48.7 Å². The van der Waals surface area contributed by atoms with Crippen LogP contribution in [0.5, 0.6) is 0 Å². The van der Waals surface area contributed by atoms with Crippen LogP contribution in [0.25, 0.3) is 10.9 Å². The molecule has 7 heteroatoms. The Morgan fingerprint density at radius 1 is 1.29 bits per heavy atom. The average molecular weight is 444 g/mol. The van der Waals surface area contributed by atoms with Crippen LogP contribution < -0.4 is 5.32 Å². The second-order valence-electron chi connectivity index (χ2n) is 8.09. The molecular formula is C24H27ClFN3O2. The van der Waals surface area contributed by atoms with Crippen LogP contribution in [0.4, 0.5) is 4.39 Å². The van der Waals surface area contributed by atoms with Gasteiger partial charge in [0, 0.05) is 54.4 Å². The summed E-state index contributed by atoms with van der Waals surface area (Å²) in [5, 5.41) is 4.45. The lowest BCUT2D eigenvalue weighted by Crippen LogP contribution is -2.47. The summed E-state index contributed by atoms with van der Waals surface area (Å²) in [5.74, 6) is -0.463. The maximum atomic E-state index is 14.7. The highest BCUT2D eigenvalue weighted by Gasteiger charge is 2.29. The molecule has 5 nitrogen and oxygen atoms in total. The summed E-state index contributed by atoms with van der Waals surface area (Å²) >= 11 is 6.38. The molecule has 1 fully saturated rings. The number of carbonyl (C=O) groups is 1. The van der Waals surface area contributed by atoms with Gasteiger partial charge in [0.05, 0.1) is 25.2 Å². The number of hydrogen-bond donors (Lipinski definition) is 1. The Morgan fingerprint density at radius 2 is 2.10 bits per heavy atom. The number of para-hydroxylation sites is 1. The number of hydrogen-bond acceptors (Lipinski definition) is 3. The lowest BCUT2D eigenvalue weighted by Gasteiger charge is -2.38. The lowest BCUT2D eigenvalue weighted by atomic mass is 10.0. The van der Waals surface area contributed by atoms with E-state index in [9.17, 15) is 9.18 Å². The number of nitrogens with zero attached hydrogens (tertiary/aromatic N) is 2. The molecule has 1 aliphatic rings. The van der Waals surface area contributed by atoms with Crippen molar-refractivity contribution in [2.45, 2.75) is 25.5 Å². The Balaban J connectivity index is 1.52. The molecule has 1 amide bonds. The minimum Gasteiger partial charge on any atom is -0.376 e. The first kappa shape index (κ1) is 21.8. The molecular weight excluding hydrogens is 417 g/mol. The molecule has 0 saturated carbocycles. The van der Waals surface area contributed by atoms with Crippen LogP contribution in [0.3, 0.4) is 0 Å². The zero-order valence-corrected chi connectivity index (χ0v) is 18.5. The summed E-state index contributed by atoms with van der Waals surface area (Å²) in [6.45, 7) is 4.13. The summed E-state index contributed by atoms with van der Waals surface area (Å²) in [7, 11) is 1.97. The maximum absolute atomic E-state index is 14.7. The number of rotatable bonds is 6. The maximum Gasteiger partial charge on any atom is 0.224 e. The zero-order valence-electron chi connectivity index (χ0n) is 17.8. The van der Waals surface area contributed by atoms with E-state index in [1.54, 1.807) is 12.1 Å². The van der Waals surface area contributed by atoms with E-state index in [4.69, 9.17) is 16.3 Å². The minimum atomic E-state index is -0.364. The fourth-order valence-corrected chi connectivity index (χ4v) is 4.67. The van der Waals surface area contributed by atoms with Crippen LogP contribution in [-0.4, -0.2) is 47.7 Å². The first-order valence-corrected chi connectivity index (χ1v) is 10.9. The van der Waals surface area contributed by atoms with Gasteiger partial charge in [-0.2, -0.15) is 0 Å². The normalized spacial score (nSPS) is 18.3. The molecule has 4 rings (SSSR count). The quantitative estimate of drug-likeness (QED) is 0.624. The van der Waals surface area contributed by atoms with Crippen LogP contribution >= 0.6 is 11.6 Å². The van der Waals surface area contributed by atoms with Gasteiger partial charge in [-0.3, -0.25) is 9.69 Å². The monoisotopic (exact) mass is 443 g/mol. The second-order valence-corrected chi connectivity index (χ2v) is 8.50. The van der Waals surface area contributed by atoms with Crippen molar-refractivity contribution < 1.29 is 13.9 Å². The summed E-state index contributed by atoms with van der Waals surface area (Å²) in [6.07, 6.45) is 2.28. The Hall–Kier alpha value is -2.41. The Bertz CT molecular complexity index is 1060. The predicted octanol–water partition coefficient (Wildman–Crippen LogP) is 4.09. The summed E-state index contributed by atoms with van der Waals surface area (Å²) in [4.78, 5) is 15.0. The molecule has 1 aromatic heterocycles. The van der Waals surface area contributed by atoms with Crippen molar-refractivity contribution in [3.05, 3.63) is 70.6 Å². The molecule has 2 aromatic carbocycles. The van der Waals surface area contributed by atoms with Crippen LogP contribution in [0.1, 0.15) is 24.1 Å². The first-order chi connectivity index (χ1) is 14.9. The number of nitrogens with one attached hydrogen (secondary N) is 1. The van der Waals surface area contributed by atoms with E-state index in [0.717, 1.165) is 16.5 Å². The molecule has 0 bridgehead atoms. The van der Waals surface area contributed by atoms with Gasteiger partial charge >= 0.3 is 0 Å². The highest BCUT2D eigenvalue weighted by molar-refractivity contribution is 6.31. The number of carbonyl (C=O) groups excluding carboxylic acids is 1. The number of ether oxygens (including phenoxy) is 1. The zero-order chi connectivity index (χ0) is 22.0. The van der Waals surface area contributed by atoms with Crippen LogP contribution in [0, 0.1) is 5.82 Å². The number of benzene rings is 2. The molecule has 0 radical (unpaired) electrons. The van der Waals surface area contributed by atoms with Crippen molar-refractivity contribution in [3.63, 3.8) is 0 Å². The standard InChI is InChI=1S/C24H27ClFN3O2/c1-16-14-29(10-11-31-16)22(24-19(25)7-5-8-20(24)26)13-27-23(30)12-17-15-28(2)21-9-4-3-6-18(17)21/h3-9,15-16,22H,10-14H2,1-2H3,(H,27,30). The van der Waals surface area contributed by atoms with E-state index in [1.165, 1.54) is 6.07 Å². The van der Waals surface area contributed by atoms with Gasteiger partial charge in [0.25, 0.3) is 0 Å². The highest BCUT2D eigenvalue weighted by atomic mass is 35.5. The summed E-state index contributed by atoms with van der Waals surface area (Å²) < 4.78 is 22.4. The number of aromatic nitrogens is 1. The molecule has 3 aromatic rings. The van der Waals surface area contributed by atoms with Crippen molar-refractivity contribution in [2.75, 3.05) is 26.2 Å². The fraction of sp³-hybridized carbons (Fsp3) is 0.375. The number of fused-ring (bicyclic) bond motifs is 1. The lowest BCUT2D eigenvalue weighted by molar-refractivity contribution is -0.120. The van der Waals surface area contributed by atoms with Crippen molar-refractivity contribution in [1.29, 1.82) is 0 Å². The molecule has 0 aliphatic carbocycles. The Labute approximate surface area is 186 Å². The topological polar surface area (TPSA) is 46.5 Å². The first-order valence-electron chi connectivity index (χ1n) is 10.5. The molecule has 1 N–H and O–H groups in total. The molecule has 2 atom stereocenters. The highest BCUT2D eigenvalue weighted by Crippen LogP contribution is 2.31. The van der Waals surface area contributed by atoms with Crippen molar-refractivity contribution in [2.24, 2.45) is 7.05 Å². The van der Waals surface area contributed by atoms with Gasteiger partial charge in [-0.05, 0) is 30.7 Å². The number of halogens is 2. The van der Waals surface area contributed by atoms with Gasteiger partial charge in [-0.15, -0.1) is 0 Å². The average Bonchev–Trinajstić information content (AvgIpc) is 3.05. The predicted molar refractivity (Wildman–Crippen MR) is 121 cm³/mol. The number of morpholine rings is 1. The fourth-order valence-electron chi connectivity index (χ4n) is 4.38. The molecule has 0 spiro atoms. The molecule has 1 saturated heterocycles. The van der Waals surface area contributed by atoms with Crippen molar-refractivity contribution >= 4 is 28.4 Å². The van der Waals surface area contributed by atoms with Crippen LogP contribution in [-0.2, 0) is 23.0 Å². The Kier molecular flexibility index (Phi) is 6.60. The van der Waals surface area contributed by atoms with Crippen LogP contribution in [0.2, 0.25) is 5.02 Å². The summed E-state index contributed by atoms with van der Waals surface area (Å²) in [5.41, 5.74) is 2.48. The van der Waals surface area contributed by atoms with Gasteiger partial charge in [0.2, 0.25) is 5.91 Å². The SMILES string of the molecule is CC1CN(C(CNC(=O)Cc2cn(C)c3ccccc23)c2c(F)cccc2Cl)CCO1. The van der Waals surface area contributed by atoms with E-state index < -0.39 is 0 Å². The van der Waals surface area contributed by atoms with Crippen molar-refractivity contribution in [3.8, 4) is 0 Å². The smallest absolute Gasteiger partial charge is 0.224 e. The number of aryl methyl sites for hydroxylation is 1. The van der Waals surface area contributed by atoms with Crippen molar-refractivity contribution in [1.82, 2.24) is 14.8 Å². The van der Waals surface area contributed by atoms with E-state index in [-0.39, 0.29) is 36.8 Å². The second kappa shape index (κ2) is 9.39. The van der Waals surface area contributed by atoms with Gasteiger partial charge < -0.3 is 14.6 Å². The van der Waals surface area contributed by atoms with Gasteiger partial charge in [-0.1, -0.05) is 35.9 Å². The molecule has 1 aliphatic heterocycles. The third kappa shape index (κ3) is 4.76. The molecule has 2 unspecified atom stereocenters. The van der Waals surface area contributed by atoms with E-state index in [1.807, 2.05) is 49.0 Å². The van der Waals surface area contributed by atoms with E-state index in [2.05, 4.69) is 10.2 Å². The largest absolute Gasteiger partial charge is 0.376 e. The molecule has 164 valence electrons. The number of amides is 1.